The van der Waals surface area contributed by atoms with Crippen LogP contribution in [-0.2, 0) is 24.7 Å². The Morgan fingerprint density at radius 2 is 1.50 bits per heavy atom. The van der Waals surface area contributed by atoms with E-state index in [0.717, 1.165) is 28.8 Å². The standard InChI is InChI=1S/C29H26F3N3O/c1-21-13-15-23(16-14-21)20-34-27(36)35-28(26-12-5-6-17-33-26,19-22-8-3-2-4-9-22)24-10-7-11-25(18-24)29(30,31)32/h2-18H,19-20H2,1H3,(H2,34,35,36). The van der Waals surface area contributed by atoms with Gasteiger partial charge in [-0.3, -0.25) is 4.98 Å². The van der Waals surface area contributed by atoms with Gasteiger partial charge in [0.05, 0.1) is 11.3 Å². The second-order valence-corrected chi connectivity index (χ2v) is 8.65. The van der Waals surface area contributed by atoms with Crippen LogP contribution in [0.15, 0.2) is 103 Å². The van der Waals surface area contributed by atoms with E-state index in [2.05, 4.69) is 15.6 Å². The first-order chi connectivity index (χ1) is 17.3. The van der Waals surface area contributed by atoms with Gasteiger partial charge in [-0.15, -0.1) is 0 Å². The van der Waals surface area contributed by atoms with Crippen molar-refractivity contribution in [3.8, 4) is 0 Å². The predicted octanol–water partition coefficient (Wildman–Crippen LogP) is 6.39. The maximum atomic E-state index is 13.7. The molecule has 0 bridgehead atoms. The normalized spacial score (nSPS) is 13.0. The third-order valence-electron chi connectivity index (χ3n) is 6.00. The van der Waals surface area contributed by atoms with Crippen LogP contribution in [0, 0.1) is 6.92 Å². The van der Waals surface area contributed by atoms with Crippen molar-refractivity contribution in [1.29, 1.82) is 0 Å². The van der Waals surface area contributed by atoms with E-state index in [1.165, 1.54) is 6.07 Å². The van der Waals surface area contributed by atoms with E-state index in [4.69, 9.17) is 0 Å². The highest BCUT2D eigenvalue weighted by molar-refractivity contribution is 5.76. The molecule has 4 nitrogen and oxygen atoms in total. The zero-order valence-electron chi connectivity index (χ0n) is 19.7. The fourth-order valence-corrected chi connectivity index (χ4v) is 4.13. The van der Waals surface area contributed by atoms with E-state index in [1.807, 2.05) is 61.5 Å². The molecule has 1 atom stereocenters. The molecule has 4 aromatic rings. The number of amides is 2. The van der Waals surface area contributed by atoms with Crippen molar-refractivity contribution >= 4 is 6.03 Å². The van der Waals surface area contributed by atoms with Crippen molar-refractivity contribution in [1.82, 2.24) is 15.6 Å². The quantitative estimate of drug-likeness (QED) is 0.316. The largest absolute Gasteiger partial charge is 0.416 e. The zero-order chi connectivity index (χ0) is 25.6. The van der Waals surface area contributed by atoms with Gasteiger partial charge < -0.3 is 10.6 Å². The fourth-order valence-electron chi connectivity index (χ4n) is 4.13. The summed E-state index contributed by atoms with van der Waals surface area (Å²) >= 11 is 0. The van der Waals surface area contributed by atoms with Crippen LogP contribution in [0.1, 0.15) is 33.5 Å². The summed E-state index contributed by atoms with van der Waals surface area (Å²) in [6.07, 6.45) is -2.77. The van der Waals surface area contributed by atoms with Crippen molar-refractivity contribution < 1.29 is 18.0 Å². The summed E-state index contributed by atoms with van der Waals surface area (Å²) in [5.41, 5.74) is 1.39. The Morgan fingerprint density at radius 3 is 2.17 bits per heavy atom. The molecule has 3 aromatic carbocycles. The molecule has 2 N–H and O–H groups in total. The lowest BCUT2D eigenvalue weighted by molar-refractivity contribution is -0.137. The first-order valence-electron chi connectivity index (χ1n) is 11.5. The van der Waals surface area contributed by atoms with Gasteiger partial charge in [0.1, 0.15) is 5.54 Å². The van der Waals surface area contributed by atoms with Gasteiger partial charge in [0.25, 0.3) is 0 Å². The number of urea groups is 1. The first-order valence-corrected chi connectivity index (χ1v) is 11.5. The number of benzene rings is 3. The van der Waals surface area contributed by atoms with Gasteiger partial charge in [0.2, 0.25) is 0 Å². The van der Waals surface area contributed by atoms with Gasteiger partial charge in [0, 0.05) is 19.2 Å². The Bertz CT molecular complexity index is 1290. The smallest absolute Gasteiger partial charge is 0.334 e. The minimum Gasteiger partial charge on any atom is -0.334 e. The number of pyridine rings is 1. The van der Waals surface area contributed by atoms with Crippen LogP contribution in [-0.4, -0.2) is 11.0 Å². The van der Waals surface area contributed by atoms with Crippen LogP contribution in [0.4, 0.5) is 18.0 Å². The van der Waals surface area contributed by atoms with Crippen molar-refractivity contribution in [2.75, 3.05) is 0 Å². The van der Waals surface area contributed by atoms with Gasteiger partial charge >= 0.3 is 12.2 Å². The van der Waals surface area contributed by atoms with E-state index in [1.54, 1.807) is 30.5 Å². The van der Waals surface area contributed by atoms with Crippen LogP contribution in [0.2, 0.25) is 0 Å². The van der Waals surface area contributed by atoms with Gasteiger partial charge in [-0.25, -0.2) is 4.79 Å². The highest BCUT2D eigenvalue weighted by Gasteiger charge is 2.40. The Labute approximate surface area is 208 Å². The number of hydrogen-bond acceptors (Lipinski definition) is 2. The van der Waals surface area contributed by atoms with Crippen LogP contribution < -0.4 is 10.6 Å². The van der Waals surface area contributed by atoms with Crippen LogP contribution >= 0.6 is 0 Å². The van der Waals surface area contributed by atoms with Crippen molar-refractivity contribution in [2.24, 2.45) is 0 Å². The van der Waals surface area contributed by atoms with Crippen molar-refractivity contribution in [2.45, 2.75) is 31.6 Å². The fraction of sp³-hybridized carbons (Fsp3) is 0.172. The topological polar surface area (TPSA) is 54.0 Å². The minimum atomic E-state index is -4.54. The van der Waals surface area contributed by atoms with Crippen LogP contribution in [0.3, 0.4) is 0 Å². The molecule has 36 heavy (non-hydrogen) atoms. The van der Waals surface area contributed by atoms with E-state index in [-0.39, 0.29) is 18.5 Å². The van der Waals surface area contributed by atoms with Crippen molar-refractivity contribution in [3.05, 3.63) is 137 Å². The lowest BCUT2D eigenvalue weighted by Gasteiger charge is -2.35. The number of nitrogens with one attached hydrogen (secondary N) is 2. The second kappa shape index (κ2) is 10.6. The molecule has 7 heteroatoms. The molecule has 1 aromatic heterocycles. The minimum absolute atomic E-state index is 0.199. The predicted molar refractivity (Wildman–Crippen MR) is 133 cm³/mol. The summed E-state index contributed by atoms with van der Waals surface area (Å²) in [7, 11) is 0. The number of halogens is 3. The number of nitrogens with zero attached hydrogens (tertiary/aromatic N) is 1. The molecule has 0 aliphatic carbocycles. The Hall–Kier alpha value is -4.13. The molecule has 0 spiro atoms. The number of aromatic nitrogens is 1. The third kappa shape index (κ3) is 5.92. The second-order valence-electron chi connectivity index (χ2n) is 8.65. The maximum absolute atomic E-state index is 13.7. The van der Waals surface area contributed by atoms with Gasteiger partial charge in [-0.1, -0.05) is 78.4 Å². The highest BCUT2D eigenvalue weighted by atomic mass is 19.4. The summed E-state index contributed by atoms with van der Waals surface area (Å²) in [5.74, 6) is 0. The molecule has 0 fully saturated rings. The zero-order valence-corrected chi connectivity index (χ0v) is 19.7. The van der Waals surface area contributed by atoms with E-state index < -0.39 is 23.3 Å². The van der Waals surface area contributed by atoms with Crippen LogP contribution in [0.5, 0.6) is 0 Å². The number of rotatable bonds is 7. The molecule has 0 saturated carbocycles. The van der Waals surface area contributed by atoms with E-state index >= 15 is 0 Å². The highest BCUT2D eigenvalue weighted by Crippen LogP contribution is 2.36. The first kappa shape index (κ1) is 25.0. The molecule has 0 saturated heterocycles. The molecule has 0 aliphatic rings. The molecule has 1 heterocycles. The Morgan fingerprint density at radius 1 is 0.806 bits per heavy atom. The summed E-state index contributed by atoms with van der Waals surface area (Å²) in [5, 5.41) is 5.84. The number of aryl methyl sites for hydroxylation is 1. The molecule has 0 radical (unpaired) electrons. The number of hydrogen-bond donors (Lipinski definition) is 2. The number of carbonyl (C=O) groups excluding carboxylic acids is 1. The summed E-state index contributed by atoms with van der Waals surface area (Å²) < 4.78 is 41.0. The van der Waals surface area contributed by atoms with Crippen LogP contribution in [0.25, 0.3) is 0 Å². The SMILES string of the molecule is Cc1ccc(CNC(=O)NC(Cc2ccccc2)(c2cccc(C(F)(F)F)c2)c2ccccn2)cc1. The van der Waals surface area contributed by atoms with Gasteiger partial charge in [-0.2, -0.15) is 13.2 Å². The monoisotopic (exact) mass is 489 g/mol. The lowest BCUT2D eigenvalue weighted by Crippen LogP contribution is -2.52. The third-order valence-corrected chi connectivity index (χ3v) is 6.00. The van der Waals surface area contributed by atoms with Gasteiger partial charge in [-0.05, 0) is 47.9 Å². The Balaban J connectivity index is 1.77. The average molecular weight is 490 g/mol. The number of carbonyl (C=O) groups is 1. The van der Waals surface area contributed by atoms with Crippen molar-refractivity contribution in [3.63, 3.8) is 0 Å². The molecule has 1 unspecified atom stereocenters. The maximum Gasteiger partial charge on any atom is 0.416 e. The number of alkyl halides is 3. The summed E-state index contributed by atoms with van der Waals surface area (Å²) in [4.78, 5) is 17.7. The summed E-state index contributed by atoms with van der Waals surface area (Å²) in [6.45, 7) is 2.24. The molecular weight excluding hydrogens is 463 g/mol. The Kier molecular flexibility index (Phi) is 7.38. The van der Waals surface area contributed by atoms with E-state index in [0.29, 0.717) is 5.69 Å². The summed E-state index contributed by atoms with van der Waals surface area (Å²) in [6, 6.07) is 26.7. The van der Waals surface area contributed by atoms with Gasteiger partial charge in [0.15, 0.2) is 0 Å². The molecule has 2 amide bonds. The average Bonchev–Trinajstić information content (AvgIpc) is 2.89. The molecule has 184 valence electrons. The molecule has 4 rings (SSSR count). The molecular formula is C29H26F3N3O. The van der Waals surface area contributed by atoms with E-state index in [9.17, 15) is 18.0 Å². The molecule has 0 aliphatic heterocycles. The lowest BCUT2D eigenvalue weighted by atomic mass is 9.80.